The van der Waals surface area contributed by atoms with Crippen molar-refractivity contribution in [3.05, 3.63) is 62.0 Å². The quantitative estimate of drug-likeness (QED) is 0.745. The van der Waals surface area contributed by atoms with Gasteiger partial charge in [0.15, 0.2) is 0 Å². The second kappa shape index (κ2) is 6.01. The van der Waals surface area contributed by atoms with E-state index in [2.05, 4.69) is 37.2 Å². The summed E-state index contributed by atoms with van der Waals surface area (Å²) in [4.78, 5) is 12.1. The van der Waals surface area contributed by atoms with Gasteiger partial charge in [0.25, 0.3) is 5.91 Å². The van der Waals surface area contributed by atoms with Gasteiger partial charge in [-0.15, -0.1) is 0 Å². The van der Waals surface area contributed by atoms with Crippen LogP contribution in [-0.4, -0.2) is 5.91 Å². The van der Waals surface area contributed by atoms with Crippen LogP contribution in [0, 0.1) is 18.6 Å². The second-order valence-corrected chi connectivity index (χ2v) is 5.87. The van der Waals surface area contributed by atoms with E-state index in [0.29, 0.717) is 20.2 Å². The Morgan fingerprint density at radius 3 is 2.50 bits per heavy atom. The average Bonchev–Trinajstić information content (AvgIpc) is 2.38. The number of hydrogen-bond donors (Lipinski definition) is 1. The van der Waals surface area contributed by atoms with Gasteiger partial charge in [0.1, 0.15) is 11.6 Å². The topological polar surface area (TPSA) is 29.1 Å². The molecule has 20 heavy (non-hydrogen) atoms. The lowest BCUT2D eigenvalue weighted by atomic mass is 10.1. The van der Waals surface area contributed by atoms with E-state index in [-0.39, 0.29) is 5.56 Å². The first-order valence-electron chi connectivity index (χ1n) is 5.60. The summed E-state index contributed by atoms with van der Waals surface area (Å²) in [6, 6.07) is 6.57. The molecule has 1 amide bonds. The van der Waals surface area contributed by atoms with Crippen LogP contribution in [0.15, 0.2) is 39.3 Å². The highest BCUT2D eigenvalue weighted by atomic mass is 79.9. The van der Waals surface area contributed by atoms with Crippen LogP contribution in [0.3, 0.4) is 0 Å². The zero-order valence-corrected chi connectivity index (χ0v) is 13.5. The number of carbonyl (C=O) groups excluding carboxylic acids is 1. The minimum atomic E-state index is -0.517. The fourth-order valence-corrected chi connectivity index (χ4v) is 2.53. The fourth-order valence-electron chi connectivity index (χ4n) is 1.64. The molecular weight excluding hydrogens is 396 g/mol. The van der Waals surface area contributed by atoms with E-state index in [1.54, 1.807) is 13.0 Å². The van der Waals surface area contributed by atoms with Crippen molar-refractivity contribution in [2.75, 3.05) is 5.32 Å². The molecule has 6 heteroatoms. The number of benzene rings is 2. The monoisotopic (exact) mass is 403 g/mol. The summed E-state index contributed by atoms with van der Waals surface area (Å²) in [5.74, 6) is -1.51. The zero-order valence-electron chi connectivity index (χ0n) is 10.3. The molecule has 0 atom stereocenters. The smallest absolute Gasteiger partial charge is 0.256 e. The van der Waals surface area contributed by atoms with Crippen LogP contribution in [0.1, 0.15) is 15.9 Å². The third-order valence-corrected chi connectivity index (χ3v) is 3.99. The van der Waals surface area contributed by atoms with E-state index in [0.717, 1.165) is 6.07 Å². The number of anilines is 1. The van der Waals surface area contributed by atoms with Crippen LogP contribution >= 0.6 is 31.9 Å². The highest BCUT2D eigenvalue weighted by Crippen LogP contribution is 2.25. The summed E-state index contributed by atoms with van der Waals surface area (Å²) in [6.07, 6.45) is 0. The molecule has 0 aliphatic heterocycles. The number of halogens is 4. The third-order valence-electron chi connectivity index (χ3n) is 2.69. The highest BCUT2D eigenvalue weighted by Gasteiger charge is 2.14. The van der Waals surface area contributed by atoms with Gasteiger partial charge in [0.2, 0.25) is 0 Å². The molecule has 0 heterocycles. The number of rotatable bonds is 2. The van der Waals surface area contributed by atoms with Crippen molar-refractivity contribution in [1.82, 2.24) is 0 Å². The molecule has 2 aromatic rings. The number of carbonyl (C=O) groups is 1. The molecule has 0 aliphatic rings. The average molecular weight is 405 g/mol. The largest absolute Gasteiger partial charge is 0.322 e. The Kier molecular flexibility index (Phi) is 4.55. The second-order valence-electron chi connectivity index (χ2n) is 4.16. The van der Waals surface area contributed by atoms with E-state index in [4.69, 9.17) is 0 Å². The van der Waals surface area contributed by atoms with Crippen LogP contribution in [0.25, 0.3) is 0 Å². The van der Waals surface area contributed by atoms with Crippen molar-refractivity contribution in [1.29, 1.82) is 0 Å². The summed E-state index contributed by atoms with van der Waals surface area (Å²) < 4.78 is 27.4. The molecule has 104 valence electrons. The molecule has 0 saturated carbocycles. The molecule has 0 aromatic heterocycles. The zero-order chi connectivity index (χ0) is 14.9. The number of aryl methyl sites for hydroxylation is 1. The van der Waals surface area contributed by atoms with Crippen molar-refractivity contribution in [3.8, 4) is 0 Å². The molecule has 2 rings (SSSR count). The van der Waals surface area contributed by atoms with E-state index in [1.165, 1.54) is 18.2 Å². The molecule has 2 aromatic carbocycles. The maximum atomic E-state index is 13.5. The molecule has 0 radical (unpaired) electrons. The van der Waals surface area contributed by atoms with Gasteiger partial charge in [-0.2, -0.15) is 0 Å². The van der Waals surface area contributed by atoms with Gasteiger partial charge in [-0.25, -0.2) is 8.78 Å². The van der Waals surface area contributed by atoms with E-state index in [9.17, 15) is 13.6 Å². The molecule has 0 aliphatic carbocycles. The van der Waals surface area contributed by atoms with Gasteiger partial charge in [0.05, 0.1) is 10.0 Å². The molecular formula is C14H9Br2F2NO. The lowest BCUT2D eigenvalue weighted by Gasteiger charge is -2.10. The van der Waals surface area contributed by atoms with Crippen molar-refractivity contribution >= 4 is 43.5 Å². The summed E-state index contributed by atoms with van der Waals surface area (Å²) in [6.45, 7) is 1.74. The van der Waals surface area contributed by atoms with Gasteiger partial charge in [0, 0.05) is 10.2 Å². The molecule has 2 nitrogen and oxygen atoms in total. The third kappa shape index (κ3) is 3.24. The first-order valence-corrected chi connectivity index (χ1v) is 7.19. The van der Waals surface area contributed by atoms with E-state index < -0.39 is 17.5 Å². The van der Waals surface area contributed by atoms with Crippen molar-refractivity contribution in [3.63, 3.8) is 0 Å². The van der Waals surface area contributed by atoms with Gasteiger partial charge >= 0.3 is 0 Å². The standard InChI is InChI=1S/C14H9Br2F2NO/c1-7-4-11(16)12(18)6-13(7)19-14(20)9-5-8(17)2-3-10(9)15/h2-6H,1H3,(H,19,20). The van der Waals surface area contributed by atoms with Gasteiger partial charge in [-0.1, -0.05) is 0 Å². The Hall–Kier alpha value is -1.27. The summed E-state index contributed by atoms with van der Waals surface area (Å²) in [5.41, 5.74) is 1.18. The van der Waals surface area contributed by atoms with Crippen molar-refractivity contribution in [2.24, 2.45) is 0 Å². The Labute approximate surface area is 131 Å². The van der Waals surface area contributed by atoms with Crippen molar-refractivity contribution in [2.45, 2.75) is 6.92 Å². The number of nitrogens with one attached hydrogen (secondary N) is 1. The van der Waals surface area contributed by atoms with Crippen LogP contribution in [0.2, 0.25) is 0 Å². The Morgan fingerprint density at radius 2 is 1.80 bits per heavy atom. The predicted octanol–water partition coefficient (Wildman–Crippen LogP) is 5.05. The summed E-state index contributed by atoms with van der Waals surface area (Å²) in [7, 11) is 0. The molecule has 0 saturated heterocycles. The van der Waals surface area contributed by atoms with Crippen LogP contribution in [0.5, 0.6) is 0 Å². The molecule has 0 spiro atoms. The molecule has 1 N–H and O–H groups in total. The van der Waals surface area contributed by atoms with Gasteiger partial charge in [-0.3, -0.25) is 4.79 Å². The Morgan fingerprint density at radius 1 is 1.10 bits per heavy atom. The number of amides is 1. The maximum absolute atomic E-state index is 13.5. The Bertz CT molecular complexity index is 689. The highest BCUT2D eigenvalue weighted by molar-refractivity contribution is 9.10. The van der Waals surface area contributed by atoms with Gasteiger partial charge < -0.3 is 5.32 Å². The molecule has 0 fully saturated rings. The van der Waals surface area contributed by atoms with Crippen LogP contribution in [-0.2, 0) is 0 Å². The van der Waals surface area contributed by atoms with E-state index >= 15 is 0 Å². The normalized spacial score (nSPS) is 10.4. The lowest BCUT2D eigenvalue weighted by Crippen LogP contribution is -2.14. The molecule has 0 bridgehead atoms. The lowest BCUT2D eigenvalue weighted by molar-refractivity contribution is 0.102. The Balaban J connectivity index is 2.32. The fraction of sp³-hybridized carbons (Fsp3) is 0.0714. The molecule has 0 unspecified atom stereocenters. The first-order chi connectivity index (χ1) is 9.38. The SMILES string of the molecule is Cc1cc(Br)c(F)cc1NC(=O)c1cc(F)ccc1Br. The van der Waals surface area contributed by atoms with E-state index in [1.807, 2.05) is 0 Å². The van der Waals surface area contributed by atoms with Crippen LogP contribution in [0.4, 0.5) is 14.5 Å². The first kappa shape index (κ1) is 15.1. The van der Waals surface area contributed by atoms with Crippen molar-refractivity contribution < 1.29 is 13.6 Å². The summed E-state index contributed by atoms with van der Waals surface area (Å²) in [5, 5.41) is 2.57. The van der Waals surface area contributed by atoms with Gasteiger partial charge in [-0.05, 0) is 74.7 Å². The minimum absolute atomic E-state index is 0.146. The maximum Gasteiger partial charge on any atom is 0.256 e. The van der Waals surface area contributed by atoms with Crippen LogP contribution < -0.4 is 5.32 Å². The number of hydrogen-bond acceptors (Lipinski definition) is 1. The minimum Gasteiger partial charge on any atom is -0.322 e. The summed E-state index contributed by atoms with van der Waals surface area (Å²) >= 11 is 6.25. The predicted molar refractivity (Wildman–Crippen MR) is 80.9 cm³/mol.